The van der Waals surface area contributed by atoms with Gasteiger partial charge in [0.05, 0.1) is 0 Å². The van der Waals surface area contributed by atoms with Gasteiger partial charge in [-0.2, -0.15) is 24.3 Å². The van der Waals surface area contributed by atoms with E-state index < -0.39 is 0 Å². The minimum atomic E-state index is 0. The molecule has 0 nitrogen and oxygen atoms in total. The molecular weight excluding hydrogens is 686 g/mol. The Balaban J connectivity index is -0.000000209. The molecule has 4 heteroatoms. The normalized spacial score (nSPS) is 14.7. The van der Waals surface area contributed by atoms with Gasteiger partial charge in [-0.3, -0.25) is 24.3 Å². The summed E-state index contributed by atoms with van der Waals surface area (Å²) < 4.78 is 0. The van der Waals surface area contributed by atoms with Gasteiger partial charge in [0.2, 0.25) is 0 Å². The molecule has 0 saturated heterocycles. The van der Waals surface area contributed by atoms with E-state index >= 15 is 0 Å². The fourth-order valence-electron chi connectivity index (χ4n) is 3.96. The Hall–Kier alpha value is 0.266. The summed E-state index contributed by atoms with van der Waals surface area (Å²) in [6.07, 6.45) is 50.1. The van der Waals surface area contributed by atoms with E-state index in [9.17, 15) is 0 Å². The fourth-order valence-corrected chi connectivity index (χ4v) is 3.96. The maximum Gasteiger partial charge on any atom is 2.00 e. The molecule has 0 saturated carbocycles. The Morgan fingerprint density at radius 3 is 0.750 bits per heavy atom. The largest absolute Gasteiger partial charge is 2.00 e. The van der Waals surface area contributed by atoms with Crippen LogP contribution < -0.4 is 24.8 Å². The fraction of sp³-hybridized carbons (Fsp3) is 0.556. The molecule has 0 atom stereocenters. The molecule has 0 aromatic rings. The first-order chi connectivity index (χ1) is 17.7. The predicted molar refractivity (Wildman–Crippen MR) is 160 cm³/mol. The van der Waals surface area contributed by atoms with E-state index in [1.807, 2.05) is 0 Å². The van der Waals surface area contributed by atoms with E-state index in [1.165, 1.54) is 99.3 Å². The van der Waals surface area contributed by atoms with E-state index in [0.29, 0.717) is 0 Å². The molecule has 0 aromatic heterocycles. The number of hydrogen-bond acceptors (Lipinski definition) is 0. The van der Waals surface area contributed by atoms with Crippen molar-refractivity contribution in [2.24, 2.45) is 0 Å². The van der Waals surface area contributed by atoms with Gasteiger partial charge in [0.1, 0.15) is 0 Å². The van der Waals surface area contributed by atoms with Crippen LogP contribution in [0.1, 0.15) is 130 Å². The third kappa shape index (κ3) is 27.1. The second kappa shape index (κ2) is 35.5. The Morgan fingerprint density at radius 2 is 0.625 bits per heavy atom. The Bertz CT molecular complexity index is 675. The van der Waals surface area contributed by atoms with Gasteiger partial charge in [-0.25, -0.2) is 46.6 Å². The summed E-state index contributed by atoms with van der Waals surface area (Å²) in [5.74, 6) is 0. The average molecular weight is 738 g/mol. The van der Waals surface area contributed by atoms with Crippen molar-refractivity contribution < 1.29 is 77.2 Å². The van der Waals surface area contributed by atoms with Gasteiger partial charge >= 0.3 is 52.4 Å². The van der Waals surface area contributed by atoms with Crippen LogP contribution in [0.3, 0.4) is 0 Å². The first kappa shape index (κ1) is 47.2. The molecule has 0 fully saturated rings. The van der Waals surface area contributed by atoms with Crippen molar-refractivity contribution in [2.75, 3.05) is 0 Å². The smallest absolute Gasteiger partial charge is 1.00 e. The molecule has 0 aliphatic heterocycles. The van der Waals surface area contributed by atoms with E-state index in [0.717, 1.165) is 25.7 Å². The first-order valence-electron chi connectivity index (χ1n) is 14.8. The second-order valence-corrected chi connectivity index (χ2v) is 9.65. The van der Waals surface area contributed by atoms with Crippen molar-refractivity contribution in [1.29, 1.82) is 0 Å². The Morgan fingerprint density at radius 1 is 0.425 bits per heavy atom. The third-order valence-electron chi connectivity index (χ3n) is 6.26. The summed E-state index contributed by atoms with van der Waals surface area (Å²) in [5, 5.41) is 0. The predicted octanol–water partition coefficient (Wildman–Crippen LogP) is 5.47. The number of halogens is 2. The maximum atomic E-state index is 3.30. The molecule has 4 aliphatic rings. The minimum absolute atomic E-state index is 0. The summed E-state index contributed by atoms with van der Waals surface area (Å²) in [7, 11) is 0. The van der Waals surface area contributed by atoms with Crippen molar-refractivity contribution >= 4 is 0 Å². The zero-order valence-corrected chi connectivity index (χ0v) is 32.1. The molecule has 0 radical (unpaired) electrons. The summed E-state index contributed by atoms with van der Waals surface area (Å²) >= 11 is 0. The van der Waals surface area contributed by atoms with Gasteiger partial charge in [-0.15, -0.1) is 25.7 Å². The molecule has 40 heavy (non-hydrogen) atoms. The van der Waals surface area contributed by atoms with Gasteiger partial charge in [-0.1, -0.05) is 105 Å². The summed E-state index contributed by atoms with van der Waals surface area (Å²) in [6, 6.07) is 0. The molecule has 0 N–H and O–H groups in total. The Kier molecular flexibility index (Phi) is 41.8. The van der Waals surface area contributed by atoms with Gasteiger partial charge in [0, 0.05) is 0 Å². The molecule has 0 unspecified atom stereocenters. The maximum absolute atomic E-state index is 3.30. The topological polar surface area (TPSA) is 0 Å². The van der Waals surface area contributed by atoms with Crippen LogP contribution in [0.2, 0.25) is 0 Å². The second-order valence-electron chi connectivity index (χ2n) is 9.65. The monoisotopic (exact) mass is 734 g/mol. The minimum Gasteiger partial charge on any atom is -1.00 e. The Labute approximate surface area is 300 Å². The average Bonchev–Trinajstić information content (AvgIpc) is 3.74. The summed E-state index contributed by atoms with van der Waals surface area (Å²) in [5.41, 5.74) is 5.66. The van der Waals surface area contributed by atoms with Crippen LogP contribution in [-0.2, 0) is 52.4 Å². The molecule has 4 rings (SSSR count). The van der Waals surface area contributed by atoms with Crippen LogP contribution in [0.4, 0.5) is 0 Å². The van der Waals surface area contributed by atoms with Crippen molar-refractivity contribution in [3.63, 3.8) is 0 Å². The SMILES string of the molecule is CCCCC1=[C-]CC=C1.CCCCC1=[C-]CC=C1.CCCCC1=[C-]CC=C1.CCCCC1=[C-]CC=C1.[Cl-].[Cl-].[Zr+2].[Zr+2]. The number of rotatable bonds is 12. The quantitative estimate of drug-likeness (QED) is 0.234. The van der Waals surface area contributed by atoms with Crippen LogP contribution in [0.15, 0.2) is 70.9 Å². The number of unbranched alkanes of at least 4 members (excludes halogenated alkanes) is 4. The van der Waals surface area contributed by atoms with Gasteiger partial charge in [0.15, 0.2) is 0 Å². The molecular formula is C36H52Cl2Zr2-2. The van der Waals surface area contributed by atoms with E-state index in [1.54, 1.807) is 0 Å². The summed E-state index contributed by atoms with van der Waals surface area (Å²) in [6.45, 7) is 8.89. The molecule has 0 spiro atoms. The van der Waals surface area contributed by atoms with Crippen LogP contribution >= 0.6 is 0 Å². The van der Waals surface area contributed by atoms with Gasteiger partial charge < -0.3 is 24.8 Å². The van der Waals surface area contributed by atoms with Crippen molar-refractivity contribution in [3.05, 3.63) is 95.2 Å². The zero-order valence-electron chi connectivity index (χ0n) is 25.7. The van der Waals surface area contributed by atoms with E-state index in [4.69, 9.17) is 0 Å². The van der Waals surface area contributed by atoms with Crippen molar-refractivity contribution in [2.45, 2.75) is 130 Å². The van der Waals surface area contributed by atoms with Crippen LogP contribution in [0, 0.1) is 24.3 Å². The van der Waals surface area contributed by atoms with Crippen LogP contribution in [-0.4, -0.2) is 0 Å². The van der Waals surface area contributed by atoms with Crippen LogP contribution in [0.5, 0.6) is 0 Å². The molecule has 0 aromatic carbocycles. The third-order valence-corrected chi connectivity index (χ3v) is 6.26. The van der Waals surface area contributed by atoms with Gasteiger partial charge in [-0.05, 0) is 0 Å². The van der Waals surface area contributed by atoms with Gasteiger partial charge in [0.25, 0.3) is 0 Å². The number of hydrogen-bond donors (Lipinski definition) is 0. The molecule has 0 amide bonds. The van der Waals surface area contributed by atoms with Crippen molar-refractivity contribution in [3.8, 4) is 0 Å². The van der Waals surface area contributed by atoms with Crippen LogP contribution in [0.25, 0.3) is 0 Å². The molecule has 0 heterocycles. The molecule has 4 aliphatic carbocycles. The first-order valence-corrected chi connectivity index (χ1v) is 14.8. The standard InChI is InChI=1S/4C9H13.2ClH.2Zr/c4*1-2-3-6-9-7-4-5-8-9;;;;/h4*4,7H,2-3,5-6H2,1H3;2*1H;;/q4*-1;;;2*+2/p-2. The molecule has 0 bridgehead atoms. The summed E-state index contributed by atoms with van der Waals surface area (Å²) in [4.78, 5) is 0. The number of allylic oxidation sites excluding steroid dienone is 16. The van der Waals surface area contributed by atoms with E-state index in [-0.39, 0.29) is 77.2 Å². The zero-order chi connectivity index (χ0) is 26.1. The molecule has 220 valence electrons. The van der Waals surface area contributed by atoms with Crippen molar-refractivity contribution in [1.82, 2.24) is 0 Å². The van der Waals surface area contributed by atoms with E-state index in [2.05, 4.69) is 101 Å².